The second-order valence-corrected chi connectivity index (χ2v) is 6.63. The van der Waals surface area contributed by atoms with Crippen molar-refractivity contribution in [1.82, 2.24) is 4.98 Å². The molecular formula is C18H18N2O2S. The molecule has 0 aliphatic carbocycles. The van der Waals surface area contributed by atoms with Gasteiger partial charge >= 0.3 is 0 Å². The van der Waals surface area contributed by atoms with Crippen molar-refractivity contribution in [2.75, 3.05) is 13.4 Å². The molecule has 0 fully saturated rings. The Morgan fingerprint density at radius 1 is 1.09 bits per heavy atom. The minimum absolute atomic E-state index is 0.460. The molecule has 1 atom stereocenters. The van der Waals surface area contributed by atoms with Crippen LogP contribution in [0.3, 0.4) is 0 Å². The van der Waals surface area contributed by atoms with Crippen LogP contribution in [-0.2, 0) is 17.3 Å². The highest BCUT2D eigenvalue weighted by molar-refractivity contribution is 7.85. The quantitative estimate of drug-likeness (QED) is 0.765. The number of aromatic nitrogens is 1. The fourth-order valence-corrected chi connectivity index (χ4v) is 2.85. The zero-order chi connectivity index (χ0) is 16.2. The second kappa shape index (κ2) is 6.79. The number of nitrogens with zero attached hydrogens (tertiary/aromatic N) is 1. The highest BCUT2D eigenvalue weighted by atomic mass is 32.2. The van der Waals surface area contributed by atoms with E-state index in [2.05, 4.69) is 4.98 Å². The van der Waals surface area contributed by atoms with Crippen molar-refractivity contribution >= 4 is 21.6 Å². The van der Waals surface area contributed by atoms with Crippen molar-refractivity contribution in [3.05, 3.63) is 60.3 Å². The zero-order valence-corrected chi connectivity index (χ0v) is 13.9. The van der Waals surface area contributed by atoms with Crippen LogP contribution in [0, 0.1) is 4.78 Å². The van der Waals surface area contributed by atoms with E-state index in [1.165, 1.54) is 0 Å². The molecule has 0 spiro atoms. The van der Waals surface area contributed by atoms with Crippen LogP contribution >= 0.6 is 0 Å². The van der Waals surface area contributed by atoms with E-state index in [1.54, 1.807) is 13.3 Å². The van der Waals surface area contributed by atoms with E-state index < -0.39 is 10.7 Å². The summed E-state index contributed by atoms with van der Waals surface area (Å²) in [6, 6.07) is 15.6. The van der Waals surface area contributed by atoms with Crippen molar-refractivity contribution in [3.8, 4) is 11.5 Å². The predicted octanol–water partition coefficient (Wildman–Crippen LogP) is 4.19. The van der Waals surface area contributed by atoms with Crippen molar-refractivity contribution in [2.45, 2.75) is 11.5 Å². The molecule has 3 rings (SSSR count). The third-order valence-corrected chi connectivity index (χ3v) is 4.56. The fraction of sp³-hybridized carbons (Fsp3) is 0.167. The van der Waals surface area contributed by atoms with Crippen LogP contribution in [0.5, 0.6) is 11.5 Å². The van der Waals surface area contributed by atoms with Gasteiger partial charge in [0.25, 0.3) is 0 Å². The highest BCUT2D eigenvalue weighted by Gasteiger charge is 2.05. The third kappa shape index (κ3) is 3.51. The molecule has 3 aromatic rings. The topological polar surface area (TPSA) is 55.2 Å². The Hall–Kier alpha value is -2.40. The number of fused-ring (bicyclic) bond motifs is 1. The molecule has 0 amide bonds. The van der Waals surface area contributed by atoms with E-state index in [4.69, 9.17) is 14.3 Å². The van der Waals surface area contributed by atoms with Crippen LogP contribution in [0.1, 0.15) is 5.56 Å². The number of methoxy groups -OCH3 is 1. The van der Waals surface area contributed by atoms with Gasteiger partial charge in [0.1, 0.15) is 18.1 Å². The average Bonchev–Trinajstić information content (AvgIpc) is 2.59. The molecule has 118 valence electrons. The summed E-state index contributed by atoms with van der Waals surface area (Å²) in [5, 5.41) is 0.964. The lowest BCUT2D eigenvalue weighted by Gasteiger charge is -2.10. The predicted molar refractivity (Wildman–Crippen MR) is 93.3 cm³/mol. The monoisotopic (exact) mass is 326 g/mol. The number of ether oxygens (including phenoxy) is 2. The van der Waals surface area contributed by atoms with E-state index in [0.717, 1.165) is 32.9 Å². The summed E-state index contributed by atoms with van der Waals surface area (Å²) in [4.78, 5) is 5.39. The minimum Gasteiger partial charge on any atom is -0.497 e. The molecule has 1 unspecified atom stereocenters. The number of hydrogen-bond donors (Lipinski definition) is 1. The first-order valence-electron chi connectivity index (χ1n) is 7.19. The lowest BCUT2D eigenvalue weighted by molar-refractivity contribution is 0.309. The number of pyridine rings is 1. The first-order chi connectivity index (χ1) is 11.2. The van der Waals surface area contributed by atoms with Crippen molar-refractivity contribution < 1.29 is 9.47 Å². The molecule has 4 nitrogen and oxygen atoms in total. The summed E-state index contributed by atoms with van der Waals surface area (Å²) in [6.45, 7) is 0.487. The van der Waals surface area contributed by atoms with Crippen LogP contribution in [0.25, 0.3) is 10.9 Å². The van der Waals surface area contributed by atoms with Gasteiger partial charge in [-0.3, -0.25) is 9.76 Å². The van der Waals surface area contributed by atoms with Crippen LogP contribution in [0.15, 0.2) is 59.6 Å². The summed E-state index contributed by atoms with van der Waals surface area (Å²) < 4.78 is 18.9. The maximum Gasteiger partial charge on any atom is 0.130 e. The van der Waals surface area contributed by atoms with E-state index in [0.29, 0.717) is 6.61 Å². The van der Waals surface area contributed by atoms with Gasteiger partial charge in [0, 0.05) is 22.5 Å². The Kier molecular flexibility index (Phi) is 4.57. The normalized spacial score (nSPS) is 12.1. The van der Waals surface area contributed by atoms with Crippen LogP contribution < -0.4 is 9.47 Å². The Bertz CT molecular complexity index is 847. The van der Waals surface area contributed by atoms with Gasteiger partial charge in [-0.05, 0) is 42.2 Å². The van der Waals surface area contributed by atoms with Crippen LogP contribution in [-0.4, -0.2) is 18.3 Å². The zero-order valence-electron chi connectivity index (χ0n) is 13.1. The summed E-state index contributed by atoms with van der Waals surface area (Å²) in [5.74, 6) is 1.58. The molecule has 1 N–H and O–H groups in total. The number of hydrogen-bond acceptors (Lipinski definition) is 4. The highest BCUT2D eigenvalue weighted by Crippen LogP contribution is 2.27. The first-order valence-corrected chi connectivity index (χ1v) is 8.82. The van der Waals surface area contributed by atoms with Gasteiger partial charge in [-0.25, -0.2) is 0 Å². The van der Waals surface area contributed by atoms with Gasteiger partial charge in [-0.1, -0.05) is 22.8 Å². The third-order valence-electron chi connectivity index (χ3n) is 3.58. The first kappa shape index (κ1) is 15.5. The summed E-state index contributed by atoms with van der Waals surface area (Å²) >= 11 is 0. The maximum absolute atomic E-state index is 7.73. The summed E-state index contributed by atoms with van der Waals surface area (Å²) in [6.07, 6.45) is 3.63. The largest absolute Gasteiger partial charge is 0.497 e. The molecule has 0 aliphatic heterocycles. The van der Waals surface area contributed by atoms with Gasteiger partial charge < -0.3 is 9.47 Å². The Labute approximate surface area is 138 Å². The van der Waals surface area contributed by atoms with Crippen molar-refractivity contribution in [1.29, 1.82) is 4.78 Å². The Balaban J connectivity index is 1.80. The Morgan fingerprint density at radius 2 is 1.87 bits per heavy atom. The molecule has 5 heteroatoms. The van der Waals surface area contributed by atoms with Gasteiger partial charge in [0.2, 0.25) is 0 Å². The molecule has 0 aliphatic rings. The number of benzene rings is 2. The Morgan fingerprint density at radius 3 is 2.57 bits per heavy atom. The van der Waals surface area contributed by atoms with Crippen molar-refractivity contribution in [2.24, 2.45) is 0 Å². The summed E-state index contributed by atoms with van der Waals surface area (Å²) in [5.41, 5.74) is 1.93. The van der Waals surface area contributed by atoms with E-state index in [1.807, 2.05) is 54.8 Å². The van der Waals surface area contributed by atoms with Gasteiger partial charge in [-0.2, -0.15) is 0 Å². The molecule has 1 heterocycles. The molecule has 1 aromatic heterocycles. The van der Waals surface area contributed by atoms with Gasteiger partial charge in [-0.15, -0.1) is 0 Å². The molecule has 0 bridgehead atoms. The average molecular weight is 326 g/mol. The smallest absolute Gasteiger partial charge is 0.130 e. The molecular weight excluding hydrogens is 308 g/mol. The van der Waals surface area contributed by atoms with Crippen LogP contribution in [0.4, 0.5) is 0 Å². The van der Waals surface area contributed by atoms with Gasteiger partial charge in [0.15, 0.2) is 0 Å². The molecule has 23 heavy (non-hydrogen) atoms. The number of nitrogens with one attached hydrogen (secondary N) is 1. The fourth-order valence-electron chi connectivity index (χ4n) is 2.31. The molecule has 0 saturated carbocycles. The second-order valence-electron chi connectivity index (χ2n) is 5.14. The van der Waals surface area contributed by atoms with Crippen LogP contribution in [0.2, 0.25) is 0 Å². The van der Waals surface area contributed by atoms with Gasteiger partial charge in [0.05, 0.1) is 12.6 Å². The van der Waals surface area contributed by atoms with Crippen molar-refractivity contribution in [3.63, 3.8) is 0 Å². The molecule has 0 radical (unpaired) electrons. The molecule has 0 saturated heterocycles. The van der Waals surface area contributed by atoms with E-state index in [9.17, 15) is 0 Å². The van der Waals surface area contributed by atoms with E-state index in [-0.39, 0.29) is 0 Å². The lowest BCUT2D eigenvalue weighted by atomic mass is 10.2. The molecule has 2 aromatic carbocycles. The van der Waals surface area contributed by atoms with E-state index >= 15 is 0 Å². The minimum atomic E-state index is -0.460. The summed E-state index contributed by atoms with van der Waals surface area (Å²) in [7, 11) is 1.18. The maximum atomic E-state index is 7.73. The SMILES string of the molecule is COc1ccc2c(OCc3ccc(S(C)=N)cc3)ccnc2c1. The standard InChI is InChI=1S/C18H18N2O2S/c1-21-14-5-8-16-17(11-14)20-10-9-18(16)22-12-13-3-6-15(7-4-13)23(2)19/h3-11,19H,12H2,1-2H3. The lowest BCUT2D eigenvalue weighted by Crippen LogP contribution is -1.97. The number of rotatable bonds is 5.